The van der Waals surface area contributed by atoms with Gasteiger partial charge in [-0.05, 0) is 36.8 Å². The molecule has 2 aromatic rings. The van der Waals surface area contributed by atoms with E-state index in [1.165, 1.54) is 12.1 Å². The average molecular weight is 302 g/mol. The van der Waals surface area contributed by atoms with Gasteiger partial charge >= 0.3 is 12.0 Å². The SMILES string of the molecule is CC(c1ccco1)N(C)C(=O)NCc1ccc(C(=O)O)cc1. The van der Waals surface area contributed by atoms with Gasteiger partial charge in [-0.25, -0.2) is 9.59 Å². The Morgan fingerprint density at radius 3 is 2.50 bits per heavy atom. The largest absolute Gasteiger partial charge is 0.478 e. The Balaban J connectivity index is 1.90. The van der Waals surface area contributed by atoms with Gasteiger partial charge in [-0.15, -0.1) is 0 Å². The van der Waals surface area contributed by atoms with E-state index in [9.17, 15) is 9.59 Å². The predicted octanol–water partition coefficient (Wildman–Crippen LogP) is 2.88. The molecule has 0 spiro atoms. The smallest absolute Gasteiger partial charge is 0.335 e. The maximum atomic E-state index is 12.1. The molecule has 1 aromatic carbocycles. The highest BCUT2D eigenvalue weighted by Gasteiger charge is 2.19. The third-order valence-electron chi connectivity index (χ3n) is 3.50. The number of furan rings is 1. The number of carboxylic acid groups (broad SMARTS) is 1. The molecule has 1 aromatic heterocycles. The fourth-order valence-corrected chi connectivity index (χ4v) is 1.96. The van der Waals surface area contributed by atoms with E-state index in [4.69, 9.17) is 9.52 Å². The van der Waals surface area contributed by atoms with Gasteiger partial charge in [0.15, 0.2) is 0 Å². The Labute approximate surface area is 128 Å². The molecule has 0 saturated heterocycles. The molecule has 0 bridgehead atoms. The summed E-state index contributed by atoms with van der Waals surface area (Å²) in [4.78, 5) is 24.4. The molecule has 2 N–H and O–H groups in total. The number of rotatable bonds is 5. The quantitative estimate of drug-likeness (QED) is 0.889. The van der Waals surface area contributed by atoms with Crippen LogP contribution in [0.4, 0.5) is 4.79 Å². The molecule has 0 aliphatic carbocycles. The van der Waals surface area contributed by atoms with Crippen molar-refractivity contribution in [2.24, 2.45) is 0 Å². The highest BCUT2D eigenvalue weighted by atomic mass is 16.4. The van der Waals surface area contributed by atoms with Crippen LogP contribution in [0.15, 0.2) is 47.1 Å². The molecule has 2 amide bonds. The summed E-state index contributed by atoms with van der Waals surface area (Å²) >= 11 is 0. The second-order valence-electron chi connectivity index (χ2n) is 4.96. The highest BCUT2D eigenvalue weighted by Crippen LogP contribution is 2.18. The zero-order valence-electron chi connectivity index (χ0n) is 12.4. The summed E-state index contributed by atoms with van der Waals surface area (Å²) in [6.07, 6.45) is 1.57. The number of hydrogen-bond acceptors (Lipinski definition) is 3. The summed E-state index contributed by atoms with van der Waals surface area (Å²) in [5.41, 5.74) is 1.05. The summed E-state index contributed by atoms with van der Waals surface area (Å²) in [5.74, 6) is -0.258. The molecule has 6 nitrogen and oxygen atoms in total. The third kappa shape index (κ3) is 3.66. The number of hydrogen-bond donors (Lipinski definition) is 2. The van der Waals surface area contributed by atoms with Crippen molar-refractivity contribution >= 4 is 12.0 Å². The summed E-state index contributed by atoms with van der Waals surface area (Å²) in [7, 11) is 1.69. The van der Waals surface area contributed by atoms with Crippen LogP contribution in [0.2, 0.25) is 0 Å². The minimum Gasteiger partial charge on any atom is -0.478 e. The monoisotopic (exact) mass is 302 g/mol. The maximum Gasteiger partial charge on any atom is 0.335 e. The lowest BCUT2D eigenvalue weighted by molar-refractivity contribution is 0.0697. The van der Waals surface area contributed by atoms with Crippen molar-refractivity contribution in [1.29, 1.82) is 0 Å². The van der Waals surface area contributed by atoms with Gasteiger partial charge < -0.3 is 19.7 Å². The van der Waals surface area contributed by atoms with Crippen molar-refractivity contribution < 1.29 is 19.1 Å². The number of carbonyl (C=O) groups excluding carboxylic acids is 1. The van der Waals surface area contributed by atoms with Crippen molar-refractivity contribution in [3.05, 3.63) is 59.5 Å². The highest BCUT2D eigenvalue weighted by molar-refractivity contribution is 5.87. The predicted molar refractivity (Wildman–Crippen MR) is 80.5 cm³/mol. The number of amides is 2. The van der Waals surface area contributed by atoms with Crippen LogP contribution in [0.1, 0.15) is 34.6 Å². The van der Waals surface area contributed by atoms with E-state index in [0.29, 0.717) is 12.3 Å². The Kier molecular flexibility index (Phi) is 4.83. The zero-order chi connectivity index (χ0) is 16.1. The van der Waals surface area contributed by atoms with E-state index < -0.39 is 5.97 Å². The first-order chi connectivity index (χ1) is 10.5. The molecule has 1 heterocycles. The van der Waals surface area contributed by atoms with Gasteiger partial charge in [-0.2, -0.15) is 0 Å². The second-order valence-corrected chi connectivity index (χ2v) is 4.96. The standard InChI is InChI=1S/C16H18N2O4/c1-11(14-4-3-9-22-14)18(2)16(21)17-10-12-5-7-13(8-6-12)15(19)20/h3-9,11H,10H2,1-2H3,(H,17,21)(H,19,20). The van der Waals surface area contributed by atoms with Gasteiger partial charge in [-0.1, -0.05) is 12.1 Å². The first-order valence-corrected chi connectivity index (χ1v) is 6.85. The lowest BCUT2D eigenvalue weighted by atomic mass is 10.1. The molecule has 6 heteroatoms. The molecule has 0 fully saturated rings. The average Bonchev–Trinajstić information content (AvgIpc) is 3.05. The number of urea groups is 1. The molecule has 0 aliphatic rings. The summed E-state index contributed by atoms with van der Waals surface area (Å²) in [6, 6.07) is 9.58. The van der Waals surface area contributed by atoms with Gasteiger partial charge in [0.05, 0.1) is 17.9 Å². The van der Waals surface area contributed by atoms with Gasteiger partial charge in [-0.3, -0.25) is 0 Å². The lowest BCUT2D eigenvalue weighted by Crippen LogP contribution is -2.38. The molecule has 116 valence electrons. The van der Waals surface area contributed by atoms with Crippen molar-refractivity contribution in [2.45, 2.75) is 19.5 Å². The van der Waals surface area contributed by atoms with Crippen LogP contribution in [0.3, 0.4) is 0 Å². The van der Waals surface area contributed by atoms with Gasteiger partial charge in [0.2, 0.25) is 0 Å². The minimum absolute atomic E-state index is 0.176. The topological polar surface area (TPSA) is 82.8 Å². The molecule has 0 aliphatic heterocycles. The Bertz CT molecular complexity index is 635. The van der Waals surface area contributed by atoms with Crippen LogP contribution in [-0.2, 0) is 6.54 Å². The summed E-state index contributed by atoms with van der Waals surface area (Å²) < 4.78 is 5.29. The number of carbonyl (C=O) groups is 2. The molecule has 2 rings (SSSR count). The molecule has 0 radical (unpaired) electrons. The molecule has 22 heavy (non-hydrogen) atoms. The van der Waals surface area contributed by atoms with Crippen LogP contribution in [0.5, 0.6) is 0 Å². The minimum atomic E-state index is -0.970. The van der Waals surface area contributed by atoms with Gasteiger partial charge in [0.25, 0.3) is 0 Å². The Morgan fingerprint density at radius 2 is 1.95 bits per heavy atom. The number of aromatic carboxylic acids is 1. The van der Waals surface area contributed by atoms with Crippen LogP contribution in [0.25, 0.3) is 0 Å². The van der Waals surface area contributed by atoms with E-state index in [1.54, 1.807) is 36.4 Å². The number of nitrogens with one attached hydrogen (secondary N) is 1. The normalized spacial score (nSPS) is 11.7. The second kappa shape index (κ2) is 6.80. The van der Waals surface area contributed by atoms with Crippen LogP contribution in [-0.4, -0.2) is 29.1 Å². The first kappa shape index (κ1) is 15.6. The van der Waals surface area contributed by atoms with Crippen molar-refractivity contribution in [3.63, 3.8) is 0 Å². The third-order valence-corrected chi connectivity index (χ3v) is 3.50. The summed E-state index contributed by atoms with van der Waals surface area (Å²) in [6.45, 7) is 2.20. The van der Waals surface area contributed by atoms with Crippen LogP contribution < -0.4 is 5.32 Å². The molecule has 1 atom stereocenters. The molecular weight excluding hydrogens is 284 g/mol. The maximum absolute atomic E-state index is 12.1. The first-order valence-electron chi connectivity index (χ1n) is 6.85. The van der Waals surface area contributed by atoms with Gasteiger partial charge in [0.1, 0.15) is 5.76 Å². The van der Waals surface area contributed by atoms with E-state index in [2.05, 4.69) is 5.32 Å². The van der Waals surface area contributed by atoms with E-state index >= 15 is 0 Å². The summed E-state index contributed by atoms with van der Waals surface area (Å²) in [5, 5.41) is 11.6. The van der Waals surface area contributed by atoms with E-state index in [-0.39, 0.29) is 17.6 Å². The van der Waals surface area contributed by atoms with E-state index in [0.717, 1.165) is 5.56 Å². The lowest BCUT2D eigenvalue weighted by Gasteiger charge is -2.23. The molecule has 0 saturated carbocycles. The molecule has 1 unspecified atom stereocenters. The van der Waals surface area contributed by atoms with Crippen LogP contribution >= 0.6 is 0 Å². The fourth-order valence-electron chi connectivity index (χ4n) is 1.96. The van der Waals surface area contributed by atoms with Gasteiger partial charge in [0, 0.05) is 13.6 Å². The van der Waals surface area contributed by atoms with Crippen molar-refractivity contribution in [2.75, 3.05) is 7.05 Å². The fraction of sp³-hybridized carbons (Fsp3) is 0.250. The number of nitrogens with zero attached hydrogens (tertiary/aromatic N) is 1. The Morgan fingerprint density at radius 1 is 1.27 bits per heavy atom. The Hall–Kier alpha value is -2.76. The zero-order valence-corrected chi connectivity index (χ0v) is 12.4. The number of carboxylic acids is 1. The van der Waals surface area contributed by atoms with Crippen molar-refractivity contribution in [1.82, 2.24) is 10.2 Å². The van der Waals surface area contributed by atoms with E-state index in [1.807, 2.05) is 13.0 Å². The molecular formula is C16H18N2O4. The number of benzene rings is 1. The van der Waals surface area contributed by atoms with Crippen LogP contribution in [0, 0.1) is 0 Å². The van der Waals surface area contributed by atoms with Crippen molar-refractivity contribution in [3.8, 4) is 0 Å².